The van der Waals surface area contributed by atoms with E-state index < -0.39 is 5.79 Å². The van der Waals surface area contributed by atoms with Gasteiger partial charge in [0.1, 0.15) is 0 Å². The van der Waals surface area contributed by atoms with Crippen LogP contribution in [0.5, 0.6) is 0 Å². The molecular weight excluding hydrogens is 189 g/mol. The van der Waals surface area contributed by atoms with Crippen LogP contribution in [0.3, 0.4) is 0 Å². The van der Waals surface area contributed by atoms with Crippen LogP contribution in [0.4, 0.5) is 4.39 Å². The Kier molecular flexibility index (Phi) is 5.03. The van der Waals surface area contributed by atoms with E-state index in [9.17, 15) is 4.39 Å². The Morgan fingerprint density at radius 2 is 2.07 bits per heavy atom. The zero-order valence-electron chi connectivity index (χ0n) is 9.88. The van der Waals surface area contributed by atoms with Gasteiger partial charge in [0.2, 0.25) is 0 Å². The molecule has 0 aromatic rings. The SMILES string of the molecule is CCCCCCN(C)C1(F)C=CC=CC1. The molecule has 0 aromatic carbocycles. The third-order valence-corrected chi connectivity index (χ3v) is 2.98. The Bertz CT molecular complexity index is 235. The third kappa shape index (κ3) is 3.78. The molecule has 15 heavy (non-hydrogen) atoms. The van der Waals surface area contributed by atoms with E-state index in [1.165, 1.54) is 19.3 Å². The number of allylic oxidation sites excluding steroid dienone is 2. The van der Waals surface area contributed by atoms with Crippen molar-refractivity contribution in [3.63, 3.8) is 0 Å². The highest BCUT2D eigenvalue weighted by atomic mass is 19.1. The molecule has 0 aromatic heterocycles. The molecule has 2 heteroatoms. The normalized spacial score (nSPS) is 25.1. The molecule has 0 saturated carbocycles. The van der Waals surface area contributed by atoms with E-state index in [0.29, 0.717) is 6.42 Å². The summed E-state index contributed by atoms with van der Waals surface area (Å²) in [5.74, 6) is -1.25. The van der Waals surface area contributed by atoms with Crippen LogP contribution in [-0.4, -0.2) is 24.3 Å². The summed E-state index contributed by atoms with van der Waals surface area (Å²) >= 11 is 0. The minimum atomic E-state index is -1.25. The molecule has 0 bridgehead atoms. The van der Waals surface area contributed by atoms with E-state index in [1.807, 2.05) is 24.1 Å². The molecule has 0 aliphatic heterocycles. The molecule has 1 nitrogen and oxygen atoms in total. The first-order chi connectivity index (χ1) is 7.19. The second-order valence-electron chi connectivity index (χ2n) is 4.29. The predicted octanol–water partition coefficient (Wildman–Crippen LogP) is 3.68. The second-order valence-corrected chi connectivity index (χ2v) is 4.29. The number of likely N-dealkylation sites (N-methyl/N-ethyl adjacent to an activating group) is 1. The number of hydrogen-bond donors (Lipinski definition) is 0. The molecule has 0 amide bonds. The number of alkyl halides is 1. The zero-order valence-corrected chi connectivity index (χ0v) is 9.88. The van der Waals surface area contributed by atoms with Crippen molar-refractivity contribution in [1.29, 1.82) is 0 Å². The lowest BCUT2D eigenvalue weighted by molar-refractivity contribution is 0.0309. The van der Waals surface area contributed by atoms with Crippen molar-refractivity contribution >= 4 is 0 Å². The van der Waals surface area contributed by atoms with Gasteiger partial charge in [0, 0.05) is 13.0 Å². The van der Waals surface area contributed by atoms with Crippen molar-refractivity contribution in [2.24, 2.45) is 0 Å². The molecule has 1 aliphatic carbocycles. The molecule has 0 spiro atoms. The van der Waals surface area contributed by atoms with Gasteiger partial charge in [-0.15, -0.1) is 0 Å². The lowest BCUT2D eigenvalue weighted by Crippen LogP contribution is -2.41. The number of halogens is 1. The monoisotopic (exact) mass is 211 g/mol. The summed E-state index contributed by atoms with van der Waals surface area (Å²) in [6.45, 7) is 3.03. The predicted molar refractivity (Wildman–Crippen MR) is 63.5 cm³/mol. The highest BCUT2D eigenvalue weighted by molar-refractivity contribution is 5.17. The molecule has 1 atom stereocenters. The van der Waals surface area contributed by atoms with Gasteiger partial charge in [0.15, 0.2) is 5.79 Å². The van der Waals surface area contributed by atoms with E-state index in [-0.39, 0.29) is 0 Å². The number of nitrogens with zero attached hydrogens (tertiary/aromatic N) is 1. The highest BCUT2D eigenvalue weighted by Gasteiger charge is 2.30. The molecule has 86 valence electrons. The number of hydrogen-bond acceptors (Lipinski definition) is 1. The van der Waals surface area contributed by atoms with Crippen LogP contribution in [0.1, 0.15) is 39.0 Å². The van der Waals surface area contributed by atoms with Crippen molar-refractivity contribution in [3.8, 4) is 0 Å². The fourth-order valence-corrected chi connectivity index (χ4v) is 1.83. The van der Waals surface area contributed by atoms with Crippen LogP contribution in [-0.2, 0) is 0 Å². The summed E-state index contributed by atoms with van der Waals surface area (Å²) in [6, 6.07) is 0. The van der Waals surface area contributed by atoms with E-state index in [4.69, 9.17) is 0 Å². The largest absolute Gasteiger partial charge is 0.271 e. The standard InChI is InChI=1S/C13H22FN/c1-3-4-5-9-12-15(2)13(14)10-7-6-8-11-13/h6-8,10H,3-5,9,11-12H2,1-2H3. The molecular formula is C13H22FN. The average Bonchev–Trinajstić information content (AvgIpc) is 2.25. The lowest BCUT2D eigenvalue weighted by atomic mass is 10.0. The minimum Gasteiger partial charge on any atom is -0.271 e. The van der Waals surface area contributed by atoms with Gasteiger partial charge in [-0.1, -0.05) is 44.4 Å². The maximum Gasteiger partial charge on any atom is 0.186 e. The molecule has 0 radical (unpaired) electrons. The lowest BCUT2D eigenvalue weighted by Gasteiger charge is -2.32. The Morgan fingerprint density at radius 3 is 2.67 bits per heavy atom. The van der Waals surface area contributed by atoms with Crippen LogP contribution < -0.4 is 0 Å². The summed E-state index contributed by atoms with van der Waals surface area (Å²) in [5, 5.41) is 0. The van der Waals surface area contributed by atoms with Crippen LogP contribution >= 0.6 is 0 Å². The van der Waals surface area contributed by atoms with Gasteiger partial charge in [-0.3, -0.25) is 4.90 Å². The first-order valence-electron chi connectivity index (χ1n) is 5.93. The first kappa shape index (κ1) is 12.4. The molecule has 1 aliphatic rings. The summed E-state index contributed by atoms with van der Waals surface area (Å²) in [4.78, 5) is 1.82. The van der Waals surface area contributed by atoms with Gasteiger partial charge in [0.05, 0.1) is 0 Å². The Labute approximate surface area is 92.7 Å². The average molecular weight is 211 g/mol. The van der Waals surface area contributed by atoms with Crippen LogP contribution in [0.2, 0.25) is 0 Å². The van der Waals surface area contributed by atoms with Gasteiger partial charge in [-0.2, -0.15) is 0 Å². The van der Waals surface area contributed by atoms with Crippen molar-refractivity contribution in [2.45, 2.75) is 44.8 Å². The van der Waals surface area contributed by atoms with Crippen LogP contribution in [0.25, 0.3) is 0 Å². The highest BCUT2D eigenvalue weighted by Crippen LogP contribution is 2.26. The third-order valence-electron chi connectivity index (χ3n) is 2.98. The maximum atomic E-state index is 14.3. The van der Waals surface area contributed by atoms with Gasteiger partial charge >= 0.3 is 0 Å². The van der Waals surface area contributed by atoms with E-state index in [1.54, 1.807) is 12.2 Å². The fourth-order valence-electron chi connectivity index (χ4n) is 1.83. The molecule has 0 saturated heterocycles. The second kappa shape index (κ2) is 6.06. The first-order valence-corrected chi connectivity index (χ1v) is 5.93. The van der Waals surface area contributed by atoms with Gasteiger partial charge in [0.25, 0.3) is 0 Å². The molecule has 1 unspecified atom stereocenters. The van der Waals surface area contributed by atoms with Crippen molar-refractivity contribution < 1.29 is 4.39 Å². The van der Waals surface area contributed by atoms with Crippen molar-refractivity contribution in [3.05, 3.63) is 24.3 Å². The van der Waals surface area contributed by atoms with Crippen molar-refractivity contribution in [2.75, 3.05) is 13.6 Å². The Balaban J connectivity index is 2.29. The quantitative estimate of drug-likeness (QED) is 0.478. The summed E-state index contributed by atoms with van der Waals surface area (Å²) in [7, 11) is 1.87. The van der Waals surface area contributed by atoms with Gasteiger partial charge in [-0.25, -0.2) is 4.39 Å². The topological polar surface area (TPSA) is 3.24 Å². The zero-order chi connectivity index (χ0) is 11.1. The maximum absolute atomic E-state index is 14.3. The van der Waals surface area contributed by atoms with E-state index >= 15 is 0 Å². The fraction of sp³-hybridized carbons (Fsp3) is 0.692. The van der Waals surface area contributed by atoms with E-state index in [0.717, 1.165) is 13.0 Å². The van der Waals surface area contributed by atoms with Gasteiger partial charge in [-0.05, 0) is 19.5 Å². The Morgan fingerprint density at radius 1 is 1.27 bits per heavy atom. The van der Waals surface area contributed by atoms with E-state index in [2.05, 4.69) is 6.92 Å². The Hall–Kier alpha value is -0.630. The van der Waals surface area contributed by atoms with Crippen LogP contribution in [0, 0.1) is 0 Å². The minimum absolute atomic E-state index is 0.480. The number of unbranched alkanes of at least 4 members (excludes halogenated alkanes) is 3. The molecule has 0 heterocycles. The van der Waals surface area contributed by atoms with Crippen molar-refractivity contribution in [1.82, 2.24) is 4.90 Å². The molecule has 0 fully saturated rings. The molecule has 0 N–H and O–H groups in total. The summed E-state index contributed by atoms with van der Waals surface area (Å²) in [5.41, 5.74) is 0. The summed E-state index contributed by atoms with van der Waals surface area (Å²) in [6.07, 6.45) is 12.5. The van der Waals surface area contributed by atoms with Crippen LogP contribution in [0.15, 0.2) is 24.3 Å². The summed E-state index contributed by atoms with van der Waals surface area (Å²) < 4.78 is 14.3. The molecule has 1 rings (SSSR count). The smallest absolute Gasteiger partial charge is 0.186 e. The number of rotatable bonds is 6. The van der Waals surface area contributed by atoms with Gasteiger partial charge < -0.3 is 0 Å².